The van der Waals surface area contributed by atoms with Gasteiger partial charge < -0.3 is 30.3 Å². The third kappa shape index (κ3) is 7.94. The molecule has 294 valence electrons. The lowest BCUT2D eigenvalue weighted by Crippen LogP contribution is -2.54. The molecule has 56 heavy (non-hydrogen) atoms. The molecule has 0 spiro atoms. The normalized spacial score (nSPS) is 21.1. The van der Waals surface area contributed by atoms with Gasteiger partial charge in [-0.05, 0) is 61.6 Å². The zero-order valence-electron chi connectivity index (χ0n) is 30.8. The largest absolute Gasteiger partial charge is 0.483 e. The monoisotopic (exact) mass is 786 g/mol. The van der Waals surface area contributed by atoms with Gasteiger partial charge in [0.15, 0.2) is 6.61 Å². The molecule has 1 aromatic heterocycles. The Morgan fingerprint density at radius 1 is 1.02 bits per heavy atom. The summed E-state index contributed by atoms with van der Waals surface area (Å²) in [4.78, 5) is 90.8. The molecule has 6 amide bonds. The minimum atomic E-state index is -1.11. The average Bonchev–Trinajstić information content (AvgIpc) is 3.63. The molecule has 2 aromatic carbocycles. The topological polar surface area (TPSA) is 203 Å². The number of hydrogen-bond acceptors (Lipinski definition) is 12. The molecule has 4 atom stereocenters. The van der Waals surface area contributed by atoms with Crippen LogP contribution >= 0.6 is 11.6 Å². The minimum Gasteiger partial charge on any atom is -0.483 e. The number of aliphatic hydroxyl groups excluding tert-OH is 1. The van der Waals surface area contributed by atoms with Crippen molar-refractivity contribution in [3.63, 3.8) is 0 Å². The van der Waals surface area contributed by atoms with E-state index in [2.05, 4.69) is 37.7 Å². The Kier molecular flexibility index (Phi) is 11.6. The van der Waals surface area contributed by atoms with Crippen LogP contribution < -0.4 is 25.6 Å². The van der Waals surface area contributed by atoms with Crippen LogP contribution in [0.1, 0.15) is 88.1 Å². The van der Waals surface area contributed by atoms with Crippen LogP contribution in [0.4, 0.5) is 5.82 Å². The maximum Gasteiger partial charge on any atom is 0.266 e. The number of halogens is 1. The van der Waals surface area contributed by atoms with Gasteiger partial charge in [0.05, 0.1) is 28.8 Å². The van der Waals surface area contributed by atoms with Crippen LogP contribution in [0.3, 0.4) is 0 Å². The molecule has 16 nitrogen and oxygen atoms in total. The number of piperazine rings is 1. The number of aliphatic hydroxyl groups is 1. The number of nitrogens with one attached hydrogen (secondary N) is 3. The zero-order chi connectivity index (χ0) is 39.5. The zero-order valence-corrected chi connectivity index (χ0v) is 31.6. The number of carbonyl (C=O) groups excluding carboxylic acids is 6. The van der Waals surface area contributed by atoms with Crippen molar-refractivity contribution in [2.45, 2.75) is 56.6 Å². The maximum atomic E-state index is 14.0. The first-order valence-electron chi connectivity index (χ1n) is 18.8. The predicted octanol–water partition coefficient (Wildman–Crippen LogP) is 1.68. The molecule has 3 aromatic rings. The second-order valence-electron chi connectivity index (χ2n) is 14.4. The van der Waals surface area contributed by atoms with Gasteiger partial charge in [0.1, 0.15) is 23.9 Å². The number of rotatable bonds is 13. The molecule has 0 radical (unpaired) electrons. The van der Waals surface area contributed by atoms with Gasteiger partial charge in [-0.3, -0.25) is 39.0 Å². The number of amides is 6. The minimum absolute atomic E-state index is 0.00246. The average molecular weight is 787 g/mol. The van der Waals surface area contributed by atoms with E-state index in [1.807, 2.05) is 17.0 Å². The summed E-state index contributed by atoms with van der Waals surface area (Å²) in [6.45, 7) is 5.08. The molecular weight excluding hydrogens is 744 g/mol. The van der Waals surface area contributed by atoms with E-state index in [1.165, 1.54) is 24.5 Å². The van der Waals surface area contributed by atoms with Crippen molar-refractivity contribution in [2.75, 3.05) is 57.3 Å². The predicted molar refractivity (Wildman–Crippen MR) is 202 cm³/mol. The van der Waals surface area contributed by atoms with Crippen LogP contribution in [0.2, 0.25) is 5.02 Å². The van der Waals surface area contributed by atoms with Crippen LogP contribution in [0.5, 0.6) is 5.75 Å². The number of anilines is 1. The highest BCUT2D eigenvalue weighted by Crippen LogP contribution is 2.43. The number of benzene rings is 2. The van der Waals surface area contributed by atoms with E-state index < -0.39 is 54.2 Å². The molecule has 17 heteroatoms. The highest BCUT2D eigenvalue weighted by atomic mass is 35.5. The van der Waals surface area contributed by atoms with Gasteiger partial charge in [-0.1, -0.05) is 36.7 Å². The number of nitrogens with zero attached hydrogens (tertiary/aromatic N) is 5. The van der Waals surface area contributed by atoms with E-state index in [-0.39, 0.29) is 41.5 Å². The Bertz CT molecular complexity index is 2040. The van der Waals surface area contributed by atoms with Crippen molar-refractivity contribution in [1.29, 1.82) is 0 Å². The highest BCUT2D eigenvalue weighted by Gasteiger charge is 2.46. The summed E-state index contributed by atoms with van der Waals surface area (Å²) in [6.07, 6.45) is 2.11. The van der Waals surface area contributed by atoms with Crippen molar-refractivity contribution in [1.82, 2.24) is 35.7 Å². The fraction of sp³-hybridized carbons (Fsp3) is 0.436. The standard InChI is InChI=1S/C39H43ClN8O8/c1-22-18-28(49)34-32(22)35(44-21-43-34)46-14-16-47(17-15-46)37(53)26(23-6-8-24(40)9-7-23)19-41-12-3-13-42-31(51)20-56-29-5-2-4-25-33(29)39(55)48(38(25)54)27-10-11-30(50)45-36(27)52/h2,4-9,21-22,26-28,41,49H,3,10-20H2,1H3,(H,42,51)(H,45,50,52)/t22-,26-,27?,28-/m1/s1. The number of ether oxygens (including phenoxy) is 1. The van der Waals surface area contributed by atoms with Crippen molar-refractivity contribution in [2.24, 2.45) is 0 Å². The fourth-order valence-corrected chi connectivity index (χ4v) is 7.97. The van der Waals surface area contributed by atoms with Gasteiger partial charge in [-0.25, -0.2) is 9.97 Å². The summed E-state index contributed by atoms with van der Waals surface area (Å²) in [5.41, 5.74) is 2.54. The smallest absolute Gasteiger partial charge is 0.266 e. The second kappa shape index (κ2) is 16.7. The van der Waals surface area contributed by atoms with Crippen LogP contribution in [0, 0.1) is 0 Å². The Labute approximate surface area is 327 Å². The van der Waals surface area contributed by atoms with Crippen LogP contribution in [-0.2, 0) is 19.2 Å². The van der Waals surface area contributed by atoms with Gasteiger partial charge in [0.25, 0.3) is 17.7 Å². The SMILES string of the molecule is C[C@@H]1C[C@@H](O)c2ncnc(N3CCN(C(=O)[C@H](CNCCCNC(=O)COc4cccc5c4C(=O)N(C4CCC(=O)NC4=O)C5=O)c4ccc(Cl)cc4)CC3)c21. The molecule has 4 N–H and O–H groups in total. The lowest BCUT2D eigenvalue weighted by molar-refractivity contribution is -0.136. The van der Waals surface area contributed by atoms with Crippen molar-refractivity contribution < 1.29 is 38.6 Å². The number of carbonyl (C=O) groups is 6. The van der Waals surface area contributed by atoms with Crippen LogP contribution in [-0.4, -0.2) is 119 Å². The Morgan fingerprint density at radius 3 is 2.54 bits per heavy atom. The van der Waals surface area contributed by atoms with Crippen LogP contribution in [0.25, 0.3) is 0 Å². The number of imide groups is 2. The quantitative estimate of drug-likeness (QED) is 0.144. The molecule has 1 unspecified atom stereocenters. The highest BCUT2D eigenvalue weighted by molar-refractivity contribution is 6.30. The summed E-state index contributed by atoms with van der Waals surface area (Å²) >= 11 is 6.16. The molecule has 2 saturated heterocycles. The van der Waals surface area contributed by atoms with E-state index in [0.29, 0.717) is 69.4 Å². The molecule has 7 rings (SSSR count). The van der Waals surface area contributed by atoms with E-state index in [0.717, 1.165) is 21.8 Å². The van der Waals surface area contributed by atoms with Crippen molar-refractivity contribution in [3.8, 4) is 5.75 Å². The first kappa shape index (κ1) is 38.8. The lowest BCUT2D eigenvalue weighted by atomic mass is 9.97. The van der Waals surface area contributed by atoms with Crippen LogP contribution in [0.15, 0.2) is 48.8 Å². The third-order valence-electron chi connectivity index (χ3n) is 10.7. The molecule has 0 saturated carbocycles. The Balaban J connectivity index is 0.879. The Hall–Kier alpha value is -5.45. The van der Waals surface area contributed by atoms with Crippen molar-refractivity contribution in [3.05, 3.63) is 81.8 Å². The number of fused-ring (bicyclic) bond motifs is 2. The van der Waals surface area contributed by atoms with Gasteiger partial charge in [0, 0.05) is 56.3 Å². The lowest BCUT2D eigenvalue weighted by Gasteiger charge is -2.38. The molecule has 0 bridgehead atoms. The number of aromatic nitrogens is 2. The summed E-state index contributed by atoms with van der Waals surface area (Å²) < 4.78 is 5.67. The molecule has 3 aliphatic heterocycles. The first-order chi connectivity index (χ1) is 27.0. The summed E-state index contributed by atoms with van der Waals surface area (Å²) in [5.74, 6) is -2.46. The molecular formula is C39H43ClN8O8. The molecule has 1 aliphatic carbocycles. The van der Waals surface area contributed by atoms with Gasteiger partial charge in [0.2, 0.25) is 17.7 Å². The summed E-state index contributed by atoms with van der Waals surface area (Å²) in [6, 6.07) is 10.6. The van der Waals surface area contributed by atoms with Gasteiger partial charge in [-0.15, -0.1) is 0 Å². The fourth-order valence-electron chi connectivity index (χ4n) is 7.84. The van der Waals surface area contributed by atoms with E-state index in [1.54, 1.807) is 12.1 Å². The van der Waals surface area contributed by atoms with E-state index in [9.17, 15) is 33.9 Å². The molecule has 4 heterocycles. The van der Waals surface area contributed by atoms with Gasteiger partial charge in [-0.2, -0.15) is 0 Å². The third-order valence-corrected chi connectivity index (χ3v) is 11.0. The van der Waals surface area contributed by atoms with E-state index >= 15 is 0 Å². The number of piperidine rings is 1. The summed E-state index contributed by atoms with van der Waals surface area (Å²) in [7, 11) is 0. The first-order valence-corrected chi connectivity index (χ1v) is 19.2. The molecule has 4 aliphatic rings. The summed E-state index contributed by atoms with van der Waals surface area (Å²) in [5, 5.41) is 19.3. The number of hydrogen-bond donors (Lipinski definition) is 4. The Morgan fingerprint density at radius 2 is 1.79 bits per heavy atom. The van der Waals surface area contributed by atoms with Crippen molar-refractivity contribution >= 4 is 52.9 Å². The molecule has 2 fully saturated rings. The maximum absolute atomic E-state index is 14.0. The van der Waals surface area contributed by atoms with E-state index in [4.69, 9.17) is 16.3 Å². The second-order valence-corrected chi connectivity index (χ2v) is 14.8. The van der Waals surface area contributed by atoms with Gasteiger partial charge >= 0.3 is 0 Å².